The highest BCUT2D eigenvalue weighted by Gasteiger charge is 2.33. The van der Waals surface area contributed by atoms with Gasteiger partial charge in [-0.3, -0.25) is 0 Å². The van der Waals surface area contributed by atoms with E-state index in [4.69, 9.17) is 0 Å². The molecule has 0 spiro atoms. The van der Waals surface area contributed by atoms with E-state index in [0.717, 1.165) is 6.42 Å². The Kier molecular flexibility index (Phi) is 5.23. The zero-order valence-electron chi connectivity index (χ0n) is 11.6. The number of allylic oxidation sites excluding steroid dienone is 1. The lowest BCUT2D eigenvalue weighted by Gasteiger charge is -2.38. The van der Waals surface area contributed by atoms with Crippen molar-refractivity contribution in [3.63, 3.8) is 0 Å². The van der Waals surface area contributed by atoms with Gasteiger partial charge in [-0.15, -0.1) is 0 Å². The SMILES string of the molecule is CC(=O)CC[C@@H]1/C(=C/O)[C@H](C(C)C)CC[C@H]1C. The Bertz CT molecular complexity index is 291. The van der Waals surface area contributed by atoms with Crippen molar-refractivity contribution in [1.29, 1.82) is 0 Å². The lowest BCUT2D eigenvalue weighted by atomic mass is 9.66. The van der Waals surface area contributed by atoms with Gasteiger partial charge in [0.1, 0.15) is 5.78 Å². The molecule has 0 saturated heterocycles. The summed E-state index contributed by atoms with van der Waals surface area (Å²) in [6.45, 7) is 8.32. The van der Waals surface area contributed by atoms with Crippen LogP contribution in [0.25, 0.3) is 0 Å². The summed E-state index contributed by atoms with van der Waals surface area (Å²) < 4.78 is 0. The molecule has 1 aliphatic carbocycles. The van der Waals surface area contributed by atoms with E-state index in [-0.39, 0.29) is 5.78 Å². The smallest absolute Gasteiger partial charge is 0.129 e. The minimum absolute atomic E-state index is 0.251. The molecular formula is C15H26O2. The molecule has 0 aromatic carbocycles. The molecule has 0 amide bonds. The summed E-state index contributed by atoms with van der Waals surface area (Å²) in [5, 5.41) is 9.52. The van der Waals surface area contributed by atoms with Gasteiger partial charge >= 0.3 is 0 Å². The molecule has 3 atom stereocenters. The summed E-state index contributed by atoms with van der Waals surface area (Å²) in [6, 6.07) is 0. The molecule has 1 saturated carbocycles. The first-order chi connectivity index (χ1) is 7.97. The third kappa shape index (κ3) is 3.58. The second-order valence-electron chi connectivity index (χ2n) is 5.88. The molecule has 1 rings (SSSR count). The van der Waals surface area contributed by atoms with Crippen LogP contribution in [0.2, 0.25) is 0 Å². The Hall–Kier alpha value is -0.790. The molecule has 0 unspecified atom stereocenters. The first kappa shape index (κ1) is 14.3. The summed E-state index contributed by atoms with van der Waals surface area (Å²) in [4.78, 5) is 11.1. The van der Waals surface area contributed by atoms with Crippen molar-refractivity contribution in [3.8, 4) is 0 Å². The van der Waals surface area contributed by atoms with E-state index in [0.29, 0.717) is 30.1 Å². The van der Waals surface area contributed by atoms with E-state index < -0.39 is 0 Å². The van der Waals surface area contributed by atoms with Crippen molar-refractivity contribution in [2.45, 2.75) is 53.4 Å². The normalized spacial score (nSPS) is 32.1. The van der Waals surface area contributed by atoms with Gasteiger partial charge < -0.3 is 9.90 Å². The fourth-order valence-corrected chi connectivity index (χ4v) is 3.13. The van der Waals surface area contributed by atoms with Crippen LogP contribution in [-0.2, 0) is 4.79 Å². The summed E-state index contributed by atoms with van der Waals surface area (Å²) >= 11 is 0. The van der Waals surface area contributed by atoms with Crippen LogP contribution in [0.1, 0.15) is 53.4 Å². The minimum Gasteiger partial charge on any atom is -0.516 e. The molecule has 0 heterocycles. The van der Waals surface area contributed by atoms with Crippen LogP contribution in [0.3, 0.4) is 0 Å². The van der Waals surface area contributed by atoms with Crippen LogP contribution < -0.4 is 0 Å². The average molecular weight is 238 g/mol. The van der Waals surface area contributed by atoms with E-state index in [1.165, 1.54) is 24.7 Å². The van der Waals surface area contributed by atoms with Crippen molar-refractivity contribution in [2.75, 3.05) is 0 Å². The topological polar surface area (TPSA) is 37.3 Å². The molecule has 1 N–H and O–H groups in total. The van der Waals surface area contributed by atoms with Gasteiger partial charge in [0, 0.05) is 6.42 Å². The number of aliphatic hydroxyl groups is 1. The van der Waals surface area contributed by atoms with Crippen LogP contribution in [-0.4, -0.2) is 10.9 Å². The molecule has 1 aliphatic rings. The predicted molar refractivity (Wildman–Crippen MR) is 70.8 cm³/mol. The second kappa shape index (κ2) is 6.23. The van der Waals surface area contributed by atoms with E-state index in [1.807, 2.05) is 0 Å². The summed E-state index contributed by atoms with van der Waals surface area (Å²) in [5.74, 6) is 2.29. The van der Waals surface area contributed by atoms with Gasteiger partial charge in [-0.1, -0.05) is 20.8 Å². The Balaban J connectivity index is 2.78. The van der Waals surface area contributed by atoms with Gasteiger partial charge in [0.15, 0.2) is 0 Å². The van der Waals surface area contributed by atoms with Gasteiger partial charge in [-0.25, -0.2) is 0 Å². The van der Waals surface area contributed by atoms with Crippen LogP contribution in [0.4, 0.5) is 0 Å². The minimum atomic E-state index is 0.251. The van der Waals surface area contributed by atoms with Gasteiger partial charge in [0.25, 0.3) is 0 Å². The highest BCUT2D eigenvalue weighted by atomic mass is 16.2. The average Bonchev–Trinajstić information content (AvgIpc) is 2.26. The van der Waals surface area contributed by atoms with E-state index in [2.05, 4.69) is 20.8 Å². The number of carbonyl (C=O) groups is 1. The van der Waals surface area contributed by atoms with E-state index in [9.17, 15) is 9.90 Å². The molecule has 1 fully saturated rings. The van der Waals surface area contributed by atoms with Crippen LogP contribution in [0.15, 0.2) is 11.8 Å². The Labute approximate surface area is 105 Å². The summed E-state index contributed by atoms with van der Waals surface area (Å²) in [7, 11) is 0. The van der Waals surface area contributed by atoms with Crippen LogP contribution in [0.5, 0.6) is 0 Å². The number of aliphatic hydroxyl groups excluding tert-OH is 1. The maximum atomic E-state index is 11.1. The lowest BCUT2D eigenvalue weighted by Crippen LogP contribution is -2.29. The fourth-order valence-electron chi connectivity index (χ4n) is 3.13. The number of hydrogen-bond donors (Lipinski definition) is 1. The Morgan fingerprint density at radius 2 is 2.12 bits per heavy atom. The van der Waals surface area contributed by atoms with Crippen molar-refractivity contribution in [3.05, 3.63) is 11.8 Å². The third-order valence-corrected chi connectivity index (χ3v) is 4.24. The number of hydrogen-bond acceptors (Lipinski definition) is 2. The highest BCUT2D eigenvalue weighted by Crippen LogP contribution is 2.43. The molecular weight excluding hydrogens is 212 g/mol. The summed E-state index contributed by atoms with van der Waals surface area (Å²) in [5.41, 5.74) is 1.18. The standard InChI is InChI=1S/C15H26O2/c1-10(2)13-7-5-11(3)14(15(13)9-16)8-6-12(4)17/h9-11,13-14,16H,5-8H2,1-4H3/b15-9+/t11-,13+,14+/m1/s1. The maximum Gasteiger partial charge on any atom is 0.129 e. The third-order valence-electron chi connectivity index (χ3n) is 4.24. The highest BCUT2D eigenvalue weighted by molar-refractivity contribution is 5.75. The maximum absolute atomic E-state index is 11.1. The van der Waals surface area contributed by atoms with Crippen LogP contribution >= 0.6 is 0 Å². The van der Waals surface area contributed by atoms with Crippen molar-refractivity contribution >= 4 is 5.78 Å². The quantitative estimate of drug-likeness (QED) is 0.748. The van der Waals surface area contributed by atoms with Crippen molar-refractivity contribution in [2.24, 2.45) is 23.7 Å². The number of carbonyl (C=O) groups excluding carboxylic acids is 1. The molecule has 0 aliphatic heterocycles. The van der Waals surface area contributed by atoms with Gasteiger partial charge in [-0.05, 0) is 55.4 Å². The Morgan fingerprint density at radius 1 is 1.47 bits per heavy atom. The van der Waals surface area contributed by atoms with Gasteiger partial charge in [0.05, 0.1) is 6.26 Å². The number of ketones is 1. The molecule has 0 bridgehead atoms. The van der Waals surface area contributed by atoms with E-state index in [1.54, 1.807) is 6.92 Å². The monoisotopic (exact) mass is 238 g/mol. The second-order valence-corrected chi connectivity index (χ2v) is 5.88. The fraction of sp³-hybridized carbons (Fsp3) is 0.800. The molecule has 0 radical (unpaired) electrons. The lowest BCUT2D eigenvalue weighted by molar-refractivity contribution is -0.117. The van der Waals surface area contributed by atoms with Gasteiger partial charge in [-0.2, -0.15) is 0 Å². The van der Waals surface area contributed by atoms with Crippen molar-refractivity contribution in [1.82, 2.24) is 0 Å². The Morgan fingerprint density at radius 3 is 2.59 bits per heavy atom. The van der Waals surface area contributed by atoms with Crippen molar-refractivity contribution < 1.29 is 9.90 Å². The first-order valence-electron chi connectivity index (χ1n) is 6.81. The largest absolute Gasteiger partial charge is 0.516 e. The molecule has 17 heavy (non-hydrogen) atoms. The first-order valence-corrected chi connectivity index (χ1v) is 6.81. The zero-order valence-corrected chi connectivity index (χ0v) is 11.6. The molecule has 0 aromatic heterocycles. The number of rotatable bonds is 4. The molecule has 0 aromatic rings. The molecule has 2 heteroatoms. The van der Waals surface area contributed by atoms with E-state index >= 15 is 0 Å². The molecule has 98 valence electrons. The predicted octanol–water partition coefficient (Wildman–Crippen LogP) is 4.12. The van der Waals surface area contributed by atoms with Crippen LogP contribution in [0, 0.1) is 23.7 Å². The summed E-state index contributed by atoms with van der Waals surface area (Å²) in [6.07, 6.45) is 5.24. The zero-order chi connectivity index (χ0) is 13.0. The molecule has 2 nitrogen and oxygen atoms in total. The van der Waals surface area contributed by atoms with Gasteiger partial charge in [0.2, 0.25) is 0 Å². The number of Topliss-reactive ketones (excluding diaryl/α,β-unsaturated/α-hetero) is 1.